The van der Waals surface area contributed by atoms with Crippen LogP contribution in [0.4, 0.5) is 5.00 Å². The fraction of sp³-hybridized carbons (Fsp3) is 0.222. The Morgan fingerprint density at radius 2 is 2.07 bits per heavy atom. The van der Waals surface area contributed by atoms with Gasteiger partial charge < -0.3 is 20.8 Å². The number of thioether (sulfide) groups is 1. The molecule has 3 rings (SSSR count). The van der Waals surface area contributed by atoms with Gasteiger partial charge in [-0.15, -0.1) is 11.3 Å². The molecular formula is C18H18N4O4S2. The van der Waals surface area contributed by atoms with Gasteiger partial charge in [0.1, 0.15) is 5.00 Å². The van der Waals surface area contributed by atoms with Gasteiger partial charge in [-0.1, -0.05) is 17.8 Å². The van der Waals surface area contributed by atoms with Crippen LogP contribution in [-0.2, 0) is 9.53 Å². The molecule has 0 aliphatic rings. The second-order valence-electron chi connectivity index (χ2n) is 6.02. The molecule has 0 radical (unpaired) electrons. The summed E-state index contributed by atoms with van der Waals surface area (Å²) in [4.78, 5) is 43.8. The number of carbonyl (C=O) groups is 3. The van der Waals surface area contributed by atoms with Gasteiger partial charge in [-0.05, 0) is 37.1 Å². The number of imidazole rings is 1. The Bertz CT molecular complexity index is 1090. The average molecular weight is 419 g/mol. The maximum atomic E-state index is 12.4. The number of aryl methyl sites for hydroxylation is 1. The minimum absolute atomic E-state index is 0.0717. The average Bonchev–Trinajstić information content (AvgIpc) is 3.19. The molecule has 3 aromatic rings. The molecule has 0 bridgehead atoms. The number of rotatable bonds is 6. The summed E-state index contributed by atoms with van der Waals surface area (Å²) in [5, 5.41) is 3.52. The van der Waals surface area contributed by atoms with E-state index in [-0.39, 0.29) is 27.1 Å². The Hall–Kier alpha value is -2.85. The van der Waals surface area contributed by atoms with Crippen molar-refractivity contribution < 1.29 is 19.1 Å². The zero-order chi connectivity index (χ0) is 20.4. The topological polar surface area (TPSA) is 127 Å². The van der Waals surface area contributed by atoms with E-state index in [0.29, 0.717) is 10.7 Å². The molecule has 0 unspecified atom stereocenters. The van der Waals surface area contributed by atoms with Crippen molar-refractivity contribution in [3.8, 4) is 0 Å². The molecule has 28 heavy (non-hydrogen) atoms. The van der Waals surface area contributed by atoms with E-state index in [1.807, 2.05) is 25.1 Å². The minimum atomic E-state index is -0.667. The minimum Gasteiger partial charge on any atom is -0.465 e. The highest BCUT2D eigenvalue weighted by molar-refractivity contribution is 7.99. The van der Waals surface area contributed by atoms with Crippen molar-refractivity contribution in [3.63, 3.8) is 0 Å². The molecule has 0 spiro atoms. The molecule has 0 aliphatic heterocycles. The SMILES string of the molecule is COC(=O)c1c(NC(=O)CSc2nc3ccc(C)cc3[nH]2)sc(C(N)=O)c1C. The van der Waals surface area contributed by atoms with Gasteiger partial charge in [-0.3, -0.25) is 9.59 Å². The van der Waals surface area contributed by atoms with Crippen molar-refractivity contribution in [2.75, 3.05) is 18.2 Å². The number of fused-ring (bicyclic) bond motifs is 1. The van der Waals surface area contributed by atoms with Crippen LogP contribution in [0, 0.1) is 13.8 Å². The van der Waals surface area contributed by atoms with E-state index in [9.17, 15) is 14.4 Å². The Morgan fingerprint density at radius 1 is 1.32 bits per heavy atom. The number of anilines is 1. The van der Waals surface area contributed by atoms with Gasteiger partial charge in [0.25, 0.3) is 5.91 Å². The van der Waals surface area contributed by atoms with Crippen LogP contribution >= 0.6 is 23.1 Å². The van der Waals surface area contributed by atoms with Gasteiger partial charge in [0, 0.05) is 0 Å². The van der Waals surface area contributed by atoms with Crippen LogP contribution in [0.2, 0.25) is 0 Å². The number of ether oxygens (including phenoxy) is 1. The van der Waals surface area contributed by atoms with Crippen LogP contribution in [0.25, 0.3) is 11.0 Å². The third-order valence-corrected chi connectivity index (χ3v) is 6.06. The van der Waals surface area contributed by atoms with Gasteiger partial charge in [0.2, 0.25) is 5.91 Å². The van der Waals surface area contributed by atoms with Crippen molar-refractivity contribution in [1.29, 1.82) is 0 Å². The summed E-state index contributed by atoms with van der Waals surface area (Å²) < 4.78 is 4.75. The molecule has 8 nitrogen and oxygen atoms in total. The Kier molecular flexibility index (Phi) is 5.71. The number of hydrogen-bond donors (Lipinski definition) is 3. The third-order valence-electron chi connectivity index (χ3n) is 3.97. The normalized spacial score (nSPS) is 10.8. The van der Waals surface area contributed by atoms with Crippen molar-refractivity contribution >= 4 is 56.9 Å². The molecule has 0 saturated heterocycles. The fourth-order valence-corrected chi connectivity index (χ4v) is 4.40. The van der Waals surface area contributed by atoms with Crippen LogP contribution in [0.1, 0.15) is 31.2 Å². The number of carbonyl (C=O) groups excluding carboxylic acids is 3. The fourth-order valence-electron chi connectivity index (χ4n) is 2.65. The molecule has 2 amide bonds. The van der Waals surface area contributed by atoms with E-state index in [1.165, 1.54) is 18.9 Å². The number of methoxy groups -OCH3 is 1. The summed E-state index contributed by atoms with van der Waals surface area (Å²) in [6, 6.07) is 5.86. The van der Waals surface area contributed by atoms with E-state index in [2.05, 4.69) is 15.3 Å². The summed E-state index contributed by atoms with van der Waals surface area (Å²) in [5.41, 5.74) is 8.70. The number of H-pyrrole nitrogens is 1. The lowest BCUT2D eigenvalue weighted by molar-refractivity contribution is -0.113. The summed E-state index contributed by atoms with van der Waals surface area (Å²) in [6.07, 6.45) is 0. The van der Waals surface area contributed by atoms with E-state index >= 15 is 0 Å². The highest BCUT2D eigenvalue weighted by Crippen LogP contribution is 2.33. The number of hydrogen-bond acceptors (Lipinski definition) is 7. The molecule has 2 heterocycles. The third kappa shape index (κ3) is 4.02. The molecule has 10 heteroatoms. The molecule has 0 saturated carbocycles. The highest BCUT2D eigenvalue weighted by atomic mass is 32.2. The standard InChI is InChI=1S/C18H18N4O4S2/c1-8-4-5-10-11(6-8)21-18(20-10)27-7-12(23)22-16-13(17(25)26-3)9(2)14(28-16)15(19)24/h4-6H,7H2,1-3H3,(H2,19,24)(H,20,21)(H,22,23). The van der Waals surface area contributed by atoms with E-state index < -0.39 is 11.9 Å². The van der Waals surface area contributed by atoms with Gasteiger partial charge in [0.15, 0.2) is 5.16 Å². The van der Waals surface area contributed by atoms with Gasteiger partial charge in [-0.2, -0.15) is 0 Å². The monoisotopic (exact) mass is 418 g/mol. The first-order chi connectivity index (χ1) is 13.3. The number of nitrogens with two attached hydrogens (primary N) is 1. The zero-order valence-electron chi connectivity index (χ0n) is 15.4. The summed E-state index contributed by atoms with van der Waals surface area (Å²) in [6.45, 7) is 3.58. The van der Waals surface area contributed by atoms with Crippen molar-refractivity contribution in [3.05, 3.63) is 39.8 Å². The molecule has 1 aromatic carbocycles. The van der Waals surface area contributed by atoms with Crippen LogP contribution in [0.15, 0.2) is 23.4 Å². The molecule has 0 fully saturated rings. The largest absolute Gasteiger partial charge is 0.465 e. The second kappa shape index (κ2) is 8.03. The first-order valence-electron chi connectivity index (χ1n) is 8.20. The van der Waals surface area contributed by atoms with Gasteiger partial charge >= 0.3 is 5.97 Å². The van der Waals surface area contributed by atoms with Gasteiger partial charge in [-0.25, -0.2) is 9.78 Å². The molecule has 146 valence electrons. The van der Waals surface area contributed by atoms with Crippen LogP contribution in [-0.4, -0.2) is 40.6 Å². The Balaban J connectivity index is 1.74. The predicted octanol–water partition coefficient (Wildman–Crippen LogP) is 2.86. The molecule has 0 aliphatic carbocycles. The van der Waals surface area contributed by atoms with Crippen molar-refractivity contribution in [2.24, 2.45) is 5.73 Å². The smallest absolute Gasteiger partial charge is 0.341 e. The Morgan fingerprint density at radius 3 is 2.75 bits per heavy atom. The number of nitrogens with zero attached hydrogens (tertiary/aromatic N) is 1. The first-order valence-corrected chi connectivity index (χ1v) is 10.0. The first kappa shape index (κ1) is 19.9. The maximum absolute atomic E-state index is 12.4. The van der Waals surface area contributed by atoms with Crippen molar-refractivity contribution in [2.45, 2.75) is 19.0 Å². The number of aromatic nitrogens is 2. The number of benzene rings is 1. The highest BCUT2D eigenvalue weighted by Gasteiger charge is 2.25. The number of aromatic amines is 1. The lowest BCUT2D eigenvalue weighted by Crippen LogP contribution is -2.16. The molecule has 0 atom stereocenters. The van der Waals surface area contributed by atoms with Crippen LogP contribution in [0.5, 0.6) is 0 Å². The maximum Gasteiger partial charge on any atom is 0.341 e. The van der Waals surface area contributed by atoms with Crippen molar-refractivity contribution in [1.82, 2.24) is 9.97 Å². The lowest BCUT2D eigenvalue weighted by Gasteiger charge is -2.05. The number of thiophene rings is 1. The molecule has 4 N–H and O–H groups in total. The zero-order valence-corrected chi connectivity index (χ0v) is 17.0. The lowest BCUT2D eigenvalue weighted by atomic mass is 10.1. The number of esters is 1. The Labute approximate surface area is 168 Å². The van der Waals surface area contributed by atoms with E-state index in [4.69, 9.17) is 10.5 Å². The van der Waals surface area contributed by atoms with E-state index in [1.54, 1.807) is 6.92 Å². The summed E-state index contributed by atoms with van der Waals surface area (Å²) in [5.74, 6) is -1.58. The molecule has 2 aromatic heterocycles. The summed E-state index contributed by atoms with van der Waals surface area (Å²) in [7, 11) is 1.23. The van der Waals surface area contributed by atoms with Gasteiger partial charge in [0.05, 0.1) is 34.3 Å². The summed E-state index contributed by atoms with van der Waals surface area (Å²) >= 11 is 2.19. The number of nitrogens with one attached hydrogen (secondary N) is 2. The number of primary amides is 1. The quantitative estimate of drug-likeness (QED) is 0.417. The van der Waals surface area contributed by atoms with E-state index in [0.717, 1.165) is 27.9 Å². The number of amides is 2. The molecular weight excluding hydrogens is 400 g/mol. The second-order valence-corrected chi connectivity index (χ2v) is 8.00. The predicted molar refractivity (Wildman–Crippen MR) is 109 cm³/mol. The van der Waals surface area contributed by atoms with Crippen LogP contribution in [0.3, 0.4) is 0 Å². The van der Waals surface area contributed by atoms with Crippen LogP contribution < -0.4 is 11.1 Å².